The molecule has 0 N–H and O–H groups in total. The molecule has 28 heavy (non-hydrogen) atoms. The van der Waals surface area contributed by atoms with Crippen LogP contribution in [0, 0.1) is 6.92 Å². The average Bonchev–Trinajstić information content (AvgIpc) is 3.25. The lowest BCUT2D eigenvalue weighted by atomic mass is 10.2. The Morgan fingerprint density at radius 3 is 2.39 bits per heavy atom. The van der Waals surface area contributed by atoms with Gasteiger partial charge in [0.1, 0.15) is 0 Å². The van der Waals surface area contributed by atoms with Crippen LogP contribution in [0.2, 0.25) is 0 Å². The molecule has 0 atom stereocenters. The predicted molar refractivity (Wildman–Crippen MR) is 85.0 cm³/mol. The molecule has 3 aromatic heterocycles. The molecule has 0 aliphatic carbocycles. The summed E-state index contributed by atoms with van der Waals surface area (Å²) >= 11 is 1.35. The van der Waals surface area contributed by atoms with Gasteiger partial charge in [0.25, 0.3) is 0 Å². The third kappa shape index (κ3) is 3.45. The van der Waals surface area contributed by atoms with Gasteiger partial charge >= 0.3 is 18.7 Å². The molecule has 3 heterocycles. The van der Waals surface area contributed by atoms with Crippen LogP contribution in [0.25, 0.3) is 16.3 Å². The first-order chi connectivity index (χ1) is 12.9. The monoisotopic (exact) mass is 428 g/mol. The second-order valence-corrected chi connectivity index (χ2v) is 6.65. The number of rotatable bonds is 5. The predicted octanol–water partition coefficient (Wildman–Crippen LogP) is 4.90. The number of hydrogen-bond acceptors (Lipinski definition) is 4. The molecule has 0 fully saturated rings. The van der Waals surface area contributed by atoms with Crippen LogP contribution in [0.1, 0.15) is 11.3 Å². The lowest BCUT2D eigenvalue weighted by molar-refractivity contribution is -0.291. The van der Waals surface area contributed by atoms with E-state index in [2.05, 4.69) is 14.9 Å². The van der Waals surface area contributed by atoms with Gasteiger partial charge in [0.05, 0.1) is 6.20 Å². The van der Waals surface area contributed by atoms with Crippen molar-refractivity contribution in [3.05, 3.63) is 35.1 Å². The van der Waals surface area contributed by atoms with Crippen LogP contribution in [-0.4, -0.2) is 32.3 Å². The summed E-state index contributed by atoms with van der Waals surface area (Å²) in [7, 11) is 1.01. The zero-order valence-corrected chi connectivity index (χ0v) is 15.0. The van der Waals surface area contributed by atoms with Crippen LogP contribution in [0.5, 0.6) is 5.75 Å². The molecule has 0 aliphatic rings. The third-order valence-corrected chi connectivity index (χ3v) is 4.75. The molecule has 0 aromatic carbocycles. The Labute approximate surface area is 156 Å². The van der Waals surface area contributed by atoms with Gasteiger partial charge in [-0.15, -0.1) is 11.3 Å². The summed E-state index contributed by atoms with van der Waals surface area (Å²) in [6.45, 7) is -1.81. The van der Waals surface area contributed by atoms with Crippen molar-refractivity contribution in [1.82, 2.24) is 19.6 Å². The van der Waals surface area contributed by atoms with Crippen LogP contribution in [0.3, 0.4) is 0 Å². The summed E-state index contributed by atoms with van der Waals surface area (Å²) in [5.74, 6) is -7.51. The zero-order chi connectivity index (χ0) is 20.9. The van der Waals surface area contributed by atoms with Gasteiger partial charge in [-0.1, -0.05) is 0 Å². The van der Waals surface area contributed by atoms with Crippen molar-refractivity contribution in [3.8, 4) is 22.0 Å². The summed E-state index contributed by atoms with van der Waals surface area (Å²) in [4.78, 5) is 0.739. The smallest absolute Gasteiger partial charge is 0.428 e. The number of alkyl halides is 7. The van der Waals surface area contributed by atoms with Crippen molar-refractivity contribution in [3.63, 3.8) is 0 Å². The van der Waals surface area contributed by atoms with E-state index in [1.165, 1.54) is 23.7 Å². The van der Waals surface area contributed by atoms with Gasteiger partial charge in [0, 0.05) is 23.7 Å². The number of ether oxygens (including phenoxy) is 1. The highest BCUT2D eigenvalue weighted by atomic mass is 32.1. The summed E-state index contributed by atoms with van der Waals surface area (Å²) in [6.07, 6.45) is -3.45. The molecule has 0 aliphatic heterocycles. The summed E-state index contributed by atoms with van der Waals surface area (Å²) in [6, 6.07) is 1.80. The molecule has 5 nitrogen and oxygen atoms in total. The minimum atomic E-state index is -6.05. The highest BCUT2D eigenvalue weighted by Gasteiger charge is 2.62. The molecule has 0 saturated heterocycles. The number of aryl methyl sites for hydroxylation is 2. The largest absolute Gasteiger partial charge is 0.459 e. The Kier molecular flexibility index (Phi) is 4.89. The Balaban J connectivity index is 2.15. The first kappa shape index (κ1) is 20.2. The molecule has 0 amide bonds. The van der Waals surface area contributed by atoms with E-state index in [-0.39, 0.29) is 0 Å². The first-order valence-corrected chi connectivity index (χ1v) is 8.37. The van der Waals surface area contributed by atoms with E-state index in [0.29, 0.717) is 10.2 Å². The Bertz CT molecular complexity index is 989. The van der Waals surface area contributed by atoms with Crippen molar-refractivity contribution < 1.29 is 35.5 Å². The van der Waals surface area contributed by atoms with Gasteiger partial charge in [0.15, 0.2) is 17.3 Å². The number of thiophene rings is 1. The van der Waals surface area contributed by atoms with Crippen molar-refractivity contribution in [1.29, 1.82) is 0 Å². The van der Waals surface area contributed by atoms with E-state index >= 15 is 0 Å². The second-order valence-electron chi connectivity index (χ2n) is 5.74. The van der Waals surface area contributed by atoms with E-state index in [1.807, 2.05) is 12.3 Å². The molecule has 3 rings (SSSR count). The molecule has 0 bridgehead atoms. The van der Waals surface area contributed by atoms with Crippen LogP contribution < -0.4 is 4.74 Å². The highest BCUT2D eigenvalue weighted by Crippen LogP contribution is 2.48. The van der Waals surface area contributed by atoms with Gasteiger partial charge in [-0.25, -0.2) is 9.36 Å². The number of aromatic nitrogens is 4. The molecule has 0 spiro atoms. The number of halogens is 7. The van der Waals surface area contributed by atoms with Gasteiger partial charge in [-0.2, -0.15) is 40.9 Å². The molecular weight excluding hydrogens is 417 g/mol. The zero-order valence-electron chi connectivity index (χ0n) is 14.1. The molecule has 0 unspecified atom stereocenters. The second kappa shape index (κ2) is 6.79. The van der Waals surface area contributed by atoms with E-state index < -0.39 is 36.0 Å². The van der Waals surface area contributed by atoms with Gasteiger partial charge in [-0.05, 0) is 23.9 Å². The Morgan fingerprint density at radius 1 is 1.18 bits per heavy atom. The normalized spacial score (nSPS) is 12.8. The van der Waals surface area contributed by atoms with Gasteiger partial charge in [-0.3, -0.25) is 0 Å². The van der Waals surface area contributed by atoms with Gasteiger partial charge in [0.2, 0.25) is 0 Å². The van der Waals surface area contributed by atoms with E-state index in [9.17, 15) is 30.7 Å². The van der Waals surface area contributed by atoms with E-state index in [1.54, 1.807) is 6.07 Å². The summed E-state index contributed by atoms with van der Waals surface area (Å²) in [5, 5.41) is 8.80. The van der Waals surface area contributed by atoms with Crippen molar-refractivity contribution in [2.75, 3.05) is 0 Å². The highest BCUT2D eigenvalue weighted by molar-refractivity contribution is 7.13. The number of hydrogen-bond donors (Lipinski definition) is 0. The van der Waals surface area contributed by atoms with E-state index in [4.69, 9.17) is 0 Å². The average molecular weight is 428 g/mol. The van der Waals surface area contributed by atoms with Crippen LogP contribution in [0.15, 0.2) is 23.8 Å². The van der Waals surface area contributed by atoms with Gasteiger partial charge < -0.3 is 4.74 Å². The van der Waals surface area contributed by atoms with Crippen LogP contribution >= 0.6 is 11.3 Å². The van der Waals surface area contributed by atoms with Crippen LogP contribution in [0.4, 0.5) is 30.7 Å². The molecule has 152 valence electrons. The summed E-state index contributed by atoms with van der Waals surface area (Å²) in [5.41, 5.74) is -0.518. The fraction of sp³-hybridized carbons (Fsp3) is 0.333. The maximum Gasteiger partial charge on any atom is 0.459 e. The number of nitrogens with zero attached hydrogens (tertiary/aromatic N) is 4. The lowest BCUT2D eigenvalue weighted by Gasteiger charge is -2.18. The van der Waals surface area contributed by atoms with Crippen molar-refractivity contribution in [2.24, 2.45) is 7.05 Å². The Hall–Kier alpha value is -2.57. The molecular formula is C15H11F7N4OS. The quantitative estimate of drug-likeness (QED) is 0.543. The minimum absolute atomic E-state index is 0.506. The molecule has 0 radical (unpaired) electrons. The summed E-state index contributed by atoms with van der Waals surface area (Å²) < 4.78 is 96.8. The fourth-order valence-electron chi connectivity index (χ4n) is 2.43. The SMILES string of the molecule is Cc1csc(-c2cnn(-c3c(OC(F)F)c(C(F)(F)C(F)(F)F)nn3C)c2)c1. The molecule has 13 heteroatoms. The third-order valence-electron chi connectivity index (χ3n) is 3.65. The lowest BCUT2D eigenvalue weighted by Crippen LogP contribution is -2.34. The standard InChI is InChI=1S/C15H11F7N4OS/c1-7-3-9(28-6-7)8-4-23-26(5-8)12-10(27-13(16)17)11(24-25(12)2)14(18,19)15(20,21)22/h3-6,13H,1-2H3. The maximum atomic E-state index is 13.8. The first-order valence-electron chi connectivity index (χ1n) is 7.49. The van der Waals surface area contributed by atoms with Crippen molar-refractivity contribution in [2.45, 2.75) is 25.6 Å². The van der Waals surface area contributed by atoms with Crippen molar-refractivity contribution >= 4 is 11.3 Å². The maximum absolute atomic E-state index is 13.8. The topological polar surface area (TPSA) is 44.9 Å². The van der Waals surface area contributed by atoms with Crippen LogP contribution in [-0.2, 0) is 13.0 Å². The Morgan fingerprint density at radius 2 is 1.86 bits per heavy atom. The van der Waals surface area contributed by atoms with E-state index in [0.717, 1.165) is 22.2 Å². The molecule has 3 aromatic rings. The fourth-order valence-corrected chi connectivity index (χ4v) is 3.31. The minimum Gasteiger partial charge on any atom is -0.428 e. The molecule has 0 saturated carbocycles.